The van der Waals surface area contributed by atoms with Crippen molar-refractivity contribution in [3.05, 3.63) is 0 Å². The van der Waals surface area contributed by atoms with Gasteiger partial charge in [0, 0.05) is 0 Å². The fraction of sp³-hybridized carbons (Fsp3) is 1.00. The van der Waals surface area contributed by atoms with Crippen LogP contribution in [0.3, 0.4) is 0 Å². The molecule has 1 aliphatic heterocycles. The van der Waals surface area contributed by atoms with Crippen molar-refractivity contribution in [2.75, 3.05) is 0 Å². The second-order valence-corrected chi connectivity index (χ2v) is 66.8. The van der Waals surface area contributed by atoms with Crippen molar-refractivity contribution in [2.24, 2.45) is 0 Å². The van der Waals surface area contributed by atoms with Crippen molar-refractivity contribution in [3.8, 4) is 0 Å². The van der Waals surface area contributed by atoms with Crippen LogP contribution in [0.5, 0.6) is 0 Å². The van der Waals surface area contributed by atoms with E-state index in [4.69, 9.17) is 12.4 Å². The maximum atomic E-state index is 7.23. The average Bonchev–Trinajstić information content (AvgIpc) is 2.68. The fourth-order valence-electron chi connectivity index (χ4n) is 4.99. The summed E-state index contributed by atoms with van der Waals surface area (Å²) in [6.07, 6.45) is 11.9. The SMILES string of the molecule is BOC1(OB)C[CH2][Sn]([CH2]CCC)([CH2]CCC)[Sn]([CH2]CCC)([CH2]CCC)[O]1. The van der Waals surface area contributed by atoms with Crippen LogP contribution in [0, 0.1) is 0 Å². The molecule has 0 spiro atoms. The molecule has 0 unspecified atom stereocenters. The molecule has 0 radical (unpaired) electrons. The summed E-state index contributed by atoms with van der Waals surface area (Å²) in [7, 11) is 3.58. The van der Waals surface area contributed by atoms with Crippen molar-refractivity contribution in [3.63, 3.8) is 0 Å². The summed E-state index contributed by atoms with van der Waals surface area (Å²) in [5, 5.41) is 0. The van der Waals surface area contributed by atoms with Crippen LogP contribution in [0.4, 0.5) is 0 Å². The van der Waals surface area contributed by atoms with Gasteiger partial charge in [-0.25, -0.2) is 0 Å². The van der Waals surface area contributed by atoms with Crippen LogP contribution in [-0.4, -0.2) is 51.3 Å². The minimum absolute atomic E-state index is 0.712. The van der Waals surface area contributed by atoms with E-state index in [-0.39, 0.29) is 0 Å². The standard InChI is InChI=1S/4C4H9.C3H8B2O3.2Sn/c4*1-3-4-2;1-2-3(6,7-4)8-5;;/h4*1,3-4H2,2H3;1-2,4-5H2;;/q;;;;-1;;+1. The Morgan fingerprint density at radius 2 is 1.19 bits per heavy atom. The topological polar surface area (TPSA) is 27.7 Å². The molecule has 7 heteroatoms. The van der Waals surface area contributed by atoms with Gasteiger partial charge in [0.15, 0.2) is 0 Å². The fourth-order valence-corrected chi connectivity index (χ4v) is 101. The van der Waals surface area contributed by atoms with Crippen molar-refractivity contribution < 1.29 is 12.4 Å². The van der Waals surface area contributed by atoms with Crippen LogP contribution in [0.2, 0.25) is 22.2 Å². The molecule has 0 saturated carbocycles. The Balaban J connectivity index is 3.32. The Kier molecular flexibility index (Phi) is 12.8. The third-order valence-electron chi connectivity index (χ3n) is 6.74. The van der Waals surface area contributed by atoms with Gasteiger partial charge in [0.1, 0.15) is 0 Å². The molecule has 1 fully saturated rings. The first-order chi connectivity index (χ1) is 12.5. The Bertz CT molecular complexity index is 366. The molecule has 1 aliphatic rings. The van der Waals surface area contributed by atoms with Gasteiger partial charge in [0.05, 0.1) is 0 Å². The molecular formula is C19H44B2O3Sn2. The number of unbranched alkanes of at least 4 members (excludes halogenated alkanes) is 4. The van der Waals surface area contributed by atoms with Crippen LogP contribution < -0.4 is 0 Å². The molecule has 0 atom stereocenters. The van der Waals surface area contributed by atoms with Crippen LogP contribution in [-0.2, 0) is 12.4 Å². The molecule has 0 N–H and O–H groups in total. The predicted octanol–water partition coefficient (Wildman–Crippen LogP) is 4.86. The summed E-state index contributed by atoms with van der Waals surface area (Å²) in [4.78, 5) is 0. The van der Waals surface area contributed by atoms with Gasteiger partial charge in [0.25, 0.3) is 0 Å². The Hall–Kier alpha value is 1.61. The normalized spacial score (nSPS) is 20.9. The van der Waals surface area contributed by atoms with Crippen molar-refractivity contribution >= 4 is 45.4 Å². The average molecular weight is 580 g/mol. The third kappa shape index (κ3) is 6.30. The number of rotatable bonds is 14. The Morgan fingerprint density at radius 3 is 1.58 bits per heavy atom. The van der Waals surface area contributed by atoms with Gasteiger partial charge >= 0.3 is 171 Å². The minimum atomic E-state index is -2.76. The van der Waals surface area contributed by atoms with E-state index in [1.165, 1.54) is 64.7 Å². The maximum absolute atomic E-state index is 7.23. The number of hydrogen-bond acceptors (Lipinski definition) is 3. The van der Waals surface area contributed by atoms with E-state index in [2.05, 4.69) is 27.7 Å². The number of hydrogen-bond donors (Lipinski definition) is 0. The Morgan fingerprint density at radius 1 is 0.769 bits per heavy atom. The zero-order chi connectivity index (χ0) is 19.5. The van der Waals surface area contributed by atoms with Crippen LogP contribution in [0.15, 0.2) is 0 Å². The van der Waals surface area contributed by atoms with Crippen molar-refractivity contribution in [1.82, 2.24) is 0 Å². The van der Waals surface area contributed by atoms with E-state index < -0.39 is 35.2 Å². The summed E-state index contributed by atoms with van der Waals surface area (Å²) < 4.78 is 26.5. The summed E-state index contributed by atoms with van der Waals surface area (Å²) in [6.45, 7) is 9.43. The predicted molar refractivity (Wildman–Crippen MR) is 123 cm³/mol. The van der Waals surface area contributed by atoms with E-state index in [0.29, 0.717) is 0 Å². The first kappa shape index (κ1) is 25.6. The molecule has 0 amide bonds. The molecule has 26 heavy (non-hydrogen) atoms. The van der Waals surface area contributed by atoms with Gasteiger partial charge in [-0.2, -0.15) is 0 Å². The molecule has 152 valence electrons. The second kappa shape index (κ2) is 13.0. The molecule has 1 saturated heterocycles. The third-order valence-corrected chi connectivity index (χ3v) is 94.7. The quantitative estimate of drug-likeness (QED) is 0.217. The van der Waals surface area contributed by atoms with Gasteiger partial charge in [-0.05, 0) is 0 Å². The Labute approximate surface area is 170 Å². The second-order valence-electron chi connectivity index (χ2n) is 8.38. The summed E-state index contributed by atoms with van der Waals surface area (Å²) in [6, 6.07) is 0. The molecule has 0 bridgehead atoms. The van der Waals surface area contributed by atoms with Gasteiger partial charge in [-0.1, -0.05) is 0 Å². The van der Waals surface area contributed by atoms with E-state index in [9.17, 15) is 0 Å². The molecule has 1 rings (SSSR count). The van der Waals surface area contributed by atoms with E-state index in [1.54, 1.807) is 25.0 Å². The van der Waals surface area contributed by atoms with Crippen LogP contribution >= 0.6 is 0 Å². The van der Waals surface area contributed by atoms with E-state index in [0.717, 1.165) is 6.42 Å². The van der Waals surface area contributed by atoms with Gasteiger partial charge < -0.3 is 0 Å². The van der Waals surface area contributed by atoms with E-state index in [1.807, 2.05) is 0 Å². The van der Waals surface area contributed by atoms with Crippen LogP contribution in [0.25, 0.3) is 0 Å². The molecule has 0 aromatic heterocycles. The summed E-state index contributed by atoms with van der Waals surface area (Å²) >= 11 is -5.08. The van der Waals surface area contributed by atoms with Gasteiger partial charge in [-0.15, -0.1) is 0 Å². The van der Waals surface area contributed by atoms with Crippen molar-refractivity contribution in [2.45, 2.75) is 114 Å². The summed E-state index contributed by atoms with van der Waals surface area (Å²) in [5.41, 5.74) is 0. The summed E-state index contributed by atoms with van der Waals surface area (Å²) in [5.74, 6) is -0.712. The molecule has 0 aromatic rings. The first-order valence-corrected chi connectivity index (χ1v) is 33.6. The molecule has 0 aliphatic carbocycles. The molecule has 0 aromatic carbocycles. The van der Waals surface area contributed by atoms with Crippen LogP contribution in [0.1, 0.15) is 85.5 Å². The van der Waals surface area contributed by atoms with E-state index >= 15 is 0 Å². The zero-order valence-corrected chi connectivity index (χ0v) is 24.3. The monoisotopic (exact) mass is 582 g/mol. The molecule has 1 heterocycles. The zero-order valence-electron chi connectivity index (χ0n) is 18.6. The molecular weight excluding hydrogens is 535 g/mol. The van der Waals surface area contributed by atoms with Gasteiger partial charge in [0.2, 0.25) is 0 Å². The first-order valence-electron chi connectivity index (χ1n) is 11.3. The van der Waals surface area contributed by atoms with Crippen molar-refractivity contribution in [1.29, 1.82) is 0 Å². The molecule has 3 nitrogen and oxygen atoms in total. The van der Waals surface area contributed by atoms with Gasteiger partial charge in [-0.3, -0.25) is 0 Å².